The van der Waals surface area contributed by atoms with Crippen molar-refractivity contribution in [2.75, 3.05) is 13.4 Å². The van der Waals surface area contributed by atoms with E-state index < -0.39 is 19.6 Å². The first-order valence-electron chi connectivity index (χ1n) is 4.04. The summed E-state index contributed by atoms with van der Waals surface area (Å²) in [6.45, 7) is -1.93. The molecule has 0 aliphatic heterocycles. The van der Waals surface area contributed by atoms with Crippen molar-refractivity contribution in [3.8, 4) is 11.5 Å². The SMILES string of the molecule is Oc1ccccc1OCOCC(F)(F)F. The number of halogens is 3. The molecule has 0 spiro atoms. The first-order valence-corrected chi connectivity index (χ1v) is 4.04. The molecule has 84 valence electrons. The lowest BCUT2D eigenvalue weighted by molar-refractivity contribution is -0.186. The Morgan fingerprint density at radius 3 is 2.47 bits per heavy atom. The van der Waals surface area contributed by atoms with E-state index in [2.05, 4.69) is 4.74 Å². The maximum Gasteiger partial charge on any atom is 0.411 e. The topological polar surface area (TPSA) is 38.7 Å². The van der Waals surface area contributed by atoms with Gasteiger partial charge in [0.15, 0.2) is 18.3 Å². The van der Waals surface area contributed by atoms with Gasteiger partial charge >= 0.3 is 6.18 Å². The summed E-state index contributed by atoms with van der Waals surface area (Å²) in [6.07, 6.45) is -4.37. The van der Waals surface area contributed by atoms with E-state index in [9.17, 15) is 13.2 Å². The lowest BCUT2D eigenvalue weighted by Gasteiger charge is -2.09. The van der Waals surface area contributed by atoms with Gasteiger partial charge in [-0.1, -0.05) is 12.1 Å². The third-order valence-corrected chi connectivity index (χ3v) is 1.43. The van der Waals surface area contributed by atoms with Crippen LogP contribution in [0.25, 0.3) is 0 Å². The van der Waals surface area contributed by atoms with Crippen LogP contribution in [0.15, 0.2) is 24.3 Å². The number of para-hydroxylation sites is 2. The van der Waals surface area contributed by atoms with E-state index in [-0.39, 0.29) is 11.5 Å². The number of ether oxygens (including phenoxy) is 2. The summed E-state index contributed by atoms with van der Waals surface area (Å²) < 4.78 is 43.9. The van der Waals surface area contributed by atoms with E-state index in [0.717, 1.165) is 0 Å². The zero-order chi connectivity index (χ0) is 11.3. The fraction of sp³-hybridized carbons (Fsp3) is 0.333. The second kappa shape index (κ2) is 4.88. The van der Waals surface area contributed by atoms with Crippen molar-refractivity contribution < 1.29 is 27.8 Å². The van der Waals surface area contributed by atoms with Crippen LogP contribution in [0.3, 0.4) is 0 Å². The average molecular weight is 222 g/mol. The number of phenolic OH excluding ortho intramolecular Hbond substituents is 1. The fourth-order valence-electron chi connectivity index (χ4n) is 0.842. The molecule has 0 aliphatic carbocycles. The minimum absolute atomic E-state index is 0.0830. The predicted molar refractivity (Wildman–Crippen MR) is 45.6 cm³/mol. The highest BCUT2D eigenvalue weighted by Crippen LogP contribution is 2.24. The van der Waals surface area contributed by atoms with Crippen molar-refractivity contribution >= 4 is 0 Å². The van der Waals surface area contributed by atoms with Crippen molar-refractivity contribution in [1.82, 2.24) is 0 Å². The maximum atomic E-state index is 11.6. The number of benzene rings is 1. The van der Waals surface area contributed by atoms with Gasteiger partial charge in [0.2, 0.25) is 0 Å². The van der Waals surface area contributed by atoms with Gasteiger partial charge in [0.1, 0.15) is 6.61 Å². The molecular formula is C9H9F3O3. The second-order valence-corrected chi connectivity index (χ2v) is 2.69. The Morgan fingerprint density at radius 1 is 1.20 bits per heavy atom. The smallest absolute Gasteiger partial charge is 0.411 e. The molecule has 0 radical (unpaired) electrons. The minimum atomic E-state index is -4.37. The summed E-state index contributed by atoms with van der Waals surface area (Å²) in [5.41, 5.74) is 0. The molecule has 3 nitrogen and oxygen atoms in total. The van der Waals surface area contributed by atoms with Gasteiger partial charge in [-0.3, -0.25) is 0 Å². The van der Waals surface area contributed by atoms with Gasteiger partial charge in [0.05, 0.1) is 0 Å². The molecule has 1 aromatic rings. The Labute approximate surface area is 84.0 Å². The van der Waals surface area contributed by atoms with Crippen molar-refractivity contribution in [1.29, 1.82) is 0 Å². The molecule has 15 heavy (non-hydrogen) atoms. The third kappa shape index (κ3) is 4.55. The van der Waals surface area contributed by atoms with Crippen molar-refractivity contribution in [3.63, 3.8) is 0 Å². The van der Waals surface area contributed by atoms with Gasteiger partial charge < -0.3 is 14.6 Å². The normalized spacial score (nSPS) is 11.4. The van der Waals surface area contributed by atoms with Crippen LogP contribution in [0.2, 0.25) is 0 Å². The number of rotatable bonds is 4. The third-order valence-electron chi connectivity index (χ3n) is 1.43. The van der Waals surface area contributed by atoms with Crippen LogP contribution in [0.5, 0.6) is 11.5 Å². The van der Waals surface area contributed by atoms with Crippen molar-refractivity contribution in [3.05, 3.63) is 24.3 Å². The summed E-state index contributed by atoms with van der Waals surface area (Å²) in [4.78, 5) is 0. The highest BCUT2D eigenvalue weighted by molar-refractivity contribution is 5.37. The zero-order valence-electron chi connectivity index (χ0n) is 7.62. The predicted octanol–water partition coefficient (Wildman–Crippen LogP) is 2.31. The van der Waals surface area contributed by atoms with Crippen molar-refractivity contribution in [2.24, 2.45) is 0 Å². The summed E-state index contributed by atoms with van der Waals surface area (Å²) in [5, 5.41) is 9.17. The van der Waals surface area contributed by atoms with Gasteiger partial charge in [0.25, 0.3) is 0 Å². The summed E-state index contributed by atoms with van der Waals surface area (Å²) >= 11 is 0. The highest BCUT2D eigenvalue weighted by Gasteiger charge is 2.27. The number of hydrogen-bond acceptors (Lipinski definition) is 3. The fourth-order valence-corrected chi connectivity index (χ4v) is 0.842. The molecule has 1 aromatic carbocycles. The molecule has 0 fully saturated rings. The summed E-state index contributed by atoms with van der Waals surface area (Å²) in [5.74, 6) is -0.0622. The Balaban J connectivity index is 2.30. The van der Waals surface area contributed by atoms with Gasteiger partial charge in [-0.2, -0.15) is 13.2 Å². The number of aromatic hydroxyl groups is 1. The summed E-state index contributed by atoms with van der Waals surface area (Å²) in [6, 6.07) is 5.93. The van der Waals surface area contributed by atoms with E-state index in [4.69, 9.17) is 9.84 Å². The Morgan fingerprint density at radius 2 is 1.87 bits per heavy atom. The van der Waals surface area contributed by atoms with Crippen LogP contribution < -0.4 is 4.74 Å². The monoisotopic (exact) mass is 222 g/mol. The van der Waals surface area contributed by atoms with Crippen LogP contribution in [0.1, 0.15) is 0 Å². The van der Waals surface area contributed by atoms with Crippen LogP contribution in [0.4, 0.5) is 13.2 Å². The van der Waals surface area contributed by atoms with E-state index in [1.807, 2.05) is 0 Å². The van der Waals surface area contributed by atoms with Crippen LogP contribution in [0, 0.1) is 0 Å². The van der Waals surface area contributed by atoms with Gasteiger partial charge in [-0.15, -0.1) is 0 Å². The van der Waals surface area contributed by atoms with Gasteiger partial charge in [-0.05, 0) is 12.1 Å². The molecule has 0 unspecified atom stereocenters. The molecule has 0 amide bonds. The molecule has 1 N–H and O–H groups in total. The number of hydrogen-bond donors (Lipinski definition) is 1. The van der Waals surface area contributed by atoms with Crippen molar-refractivity contribution in [2.45, 2.75) is 6.18 Å². The number of alkyl halides is 3. The molecule has 0 saturated carbocycles. The molecule has 0 aliphatic rings. The molecule has 6 heteroatoms. The average Bonchev–Trinajstić information content (AvgIpc) is 2.13. The van der Waals surface area contributed by atoms with E-state index in [1.54, 1.807) is 12.1 Å². The Bertz CT molecular complexity index is 312. The Kier molecular flexibility index (Phi) is 3.79. The molecule has 1 rings (SSSR count). The van der Waals surface area contributed by atoms with E-state index in [0.29, 0.717) is 0 Å². The second-order valence-electron chi connectivity index (χ2n) is 2.69. The quantitative estimate of drug-likeness (QED) is 0.627. The zero-order valence-corrected chi connectivity index (χ0v) is 7.62. The molecule has 0 heterocycles. The van der Waals surface area contributed by atoms with Gasteiger partial charge in [0, 0.05) is 0 Å². The van der Waals surface area contributed by atoms with Gasteiger partial charge in [-0.25, -0.2) is 0 Å². The largest absolute Gasteiger partial charge is 0.504 e. The first-order chi connectivity index (χ1) is 6.99. The molecule has 0 atom stereocenters. The lowest BCUT2D eigenvalue weighted by Crippen LogP contribution is -2.19. The van der Waals surface area contributed by atoms with Crippen LogP contribution in [-0.4, -0.2) is 24.7 Å². The van der Waals surface area contributed by atoms with Crippen LogP contribution >= 0.6 is 0 Å². The first kappa shape index (κ1) is 11.6. The molecule has 0 saturated heterocycles. The Hall–Kier alpha value is -1.43. The maximum absolute atomic E-state index is 11.6. The molecular weight excluding hydrogens is 213 g/mol. The summed E-state index contributed by atoms with van der Waals surface area (Å²) in [7, 11) is 0. The molecule has 0 bridgehead atoms. The van der Waals surface area contributed by atoms with E-state index in [1.165, 1.54) is 12.1 Å². The van der Waals surface area contributed by atoms with E-state index >= 15 is 0 Å². The highest BCUT2D eigenvalue weighted by atomic mass is 19.4. The standard InChI is InChI=1S/C9H9F3O3/c10-9(11,12)5-14-6-15-8-4-2-1-3-7(8)13/h1-4,13H,5-6H2. The molecule has 0 aromatic heterocycles. The number of phenols is 1. The van der Waals surface area contributed by atoms with Crippen LogP contribution in [-0.2, 0) is 4.74 Å². The minimum Gasteiger partial charge on any atom is -0.504 e. The lowest BCUT2D eigenvalue weighted by atomic mass is 10.3.